The van der Waals surface area contributed by atoms with Gasteiger partial charge in [0.05, 0.1) is 0 Å². The van der Waals surface area contributed by atoms with Crippen molar-refractivity contribution in [2.24, 2.45) is 5.92 Å². The molecule has 2 nitrogen and oxygen atoms in total. The molecule has 2 heteroatoms. The van der Waals surface area contributed by atoms with Crippen LogP contribution >= 0.6 is 0 Å². The Hall–Kier alpha value is -1.05. The molecule has 1 aliphatic heterocycles. The number of ether oxygens (including phenoxy) is 1. The van der Waals surface area contributed by atoms with Crippen LogP contribution in [-0.4, -0.2) is 11.9 Å². The second-order valence-corrected chi connectivity index (χ2v) is 4.91. The molecule has 2 aliphatic rings. The van der Waals surface area contributed by atoms with Crippen LogP contribution < -0.4 is 0 Å². The first-order chi connectivity index (χ1) is 7.63. The summed E-state index contributed by atoms with van der Waals surface area (Å²) in [6.45, 7) is 8.13. The van der Waals surface area contributed by atoms with Crippen LogP contribution in [0.15, 0.2) is 23.5 Å². The molecule has 0 aromatic rings. The molecule has 16 heavy (non-hydrogen) atoms. The largest absolute Gasteiger partial charge is 0.490 e. The third-order valence-corrected chi connectivity index (χ3v) is 3.64. The van der Waals surface area contributed by atoms with Gasteiger partial charge in [-0.25, -0.2) is 0 Å². The Labute approximate surface area is 97.4 Å². The van der Waals surface area contributed by atoms with Gasteiger partial charge >= 0.3 is 0 Å². The average Bonchev–Trinajstić information content (AvgIpc) is 2.27. The minimum Gasteiger partial charge on any atom is -0.490 e. The van der Waals surface area contributed by atoms with E-state index in [1.54, 1.807) is 0 Å². The van der Waals surface area contributed by atoms with E-state index in [4.69, 9.17) is 4.74 Å². The number of ketones is 1. The monoisotopic (exact) mass is 220 g/mol. The van der Waals surface area contributed by atoms with Gasteiger partial charge in [-0.15, -0.1) is 0 Å². The summed E-state index contributed by atoms with van der Waals surface area (Å²) in [7, 11) is 0. The van der Waals surface area contributed by atoms with Crippen LogP contribution in [0.3, 0.4) is 0 Å². The van der Waals surface area contributed by atoms with Gasteiger partial charge in [-0.1, -0.05) is 13.5 Å². The van der Waals surface area contributed by atoms with E-state index in [1.165, 1.54) is 0 Å². The highest BCUT2D eigenvalue weighted by Gasteiger charge is 2.35. The Kier molecular flexibility index (Phi) is 3.17. The van der Waals surface area contributed by atoms with Crippen molar-refractivity contribution in [1.29, 1.82) is 0 Å². The molecule has 1 aliphatic carbocycles. The first-order valence-corrected chi connectivity index (χ1v) is 6.21. The molecular formula is C14H20O2. The average molecular weight is 220 g/mol. The van der Waals surface area contributed by atoms with Gasteiger partial charge in [0.15, 0.2) is 5.78 Å². The molecular weight excluding hydrogens is 200 g/mol. The highest BCUT2D eigenvalue weighted by Crippen LogP contribution is 2.39. The van der Waals surface area contributed by atoms with Gasteiger partial charge in [-0.3, -0.25) is 4.79 Å². The summed E-state index contributed by atoms with van der Waals surface area (Å²) in [4.78, 5) is 11.9. The van der Waals surface area contributed by atoms with E-state index in [0.717, 1.165) is 42.6 Å². The van der Waals surface area contributed by atoms with E-state index in [0.29, 0.717) is 18.1 Å². The summed E-state index contributed by atoms with van der Waals surface area (Å²) in [6, 6.07) is 0. The molecule has 0 bridgehead atoms. The van der Waals surface area contributed by atoms with Gasteiger partial charge in [0.1, 0.15) is 11.9 Å². The molecule has 0 aromatic carbocycles. The summed E-state index contributed by atoms with van der Waals surface area (Å²) < 4.78 is 5.91. The third-order valence-electron chi connectivity index (χ3n) is 3.64. The number of hydrogen-bond donors (Lipinski definition) is 0. The highest BCUT2D eigenvalue weighted by molar-refractivity contribution is 5.97. The van der Waals surface area contributed by atoms with Crippen LogP contribution in [0, 0.1) is 5.92 Å². The molecule has 0 aromatic heterocycles. The Morgan fingerprint density at radius 2 is 2.25 bits per heavy atom. The fraction of sp³-hybridized carbons (Fsp3) is 0.643. The summed E-state index contributed by atoms with van der Waals surface area (Å²) >= 11 is 0. The number of allylic oxidation sites excluding steroid dienone is 2. The van der Waals surface area contributed by atoms with Crippen LogP contribution in [0.4, 0.5) is 0 Å². The van der Waals surface area contributed by atoms with Crippen LogP contribution in [-0.2, 0) is 9.53 Å². The number of rotatable bonds is 2. The maximum absolute atomic E-state index is 11.9. The molecule has 2 unspecified atom stereocenters. The minimum absolute atomic E-state index is 0.120. The van der Waals surface area contributed by atoms with Crippen LogP contribution in [0.5, 0.6) is 0 Å². The van der Waals surface area contributed by atoms with Gasteiger partial charge in [0.2, 0.25) is 0 Å². The van der Waals surface area contributed by atoms with Crippen molar-refractivity contribution in [3.05, 3.63) is 23.5 Å². The molecule has 2 rings (SSSR count). The summed E-state index contributed by atoms with van der Waals surface area (Å²) in [5.41, 5.74) is 2.06. The van der Waals surface area contributed by atoms with Crippen molar-refractivity contribution in [2.45, 2.75) is 52.1 Å². The molecule has 0 N–H and O–H groups in total. The van der Waals surface area contributed by atoms with E-state index < -0.39 is 0 Å². The summed E-state index contributed by atoms with van der Waals surface area (Å²) in [5, 5.41) is 0. The van der Waals surface area contributed by atoms with E-state index in [2.05, 4.69) is 13.5 Å². The molecule has 2 atom stereocenters. The Morgan fingerprint density at radius 3 is 2.88 bits per heavy atom. The van der Waals surface area contributed by atoms with Crippen molar-refractivity contribution in [1.82, 2.24) is 0 Å². The molecule has 0 fully saturated rings. The lowest BCUT2D eigenvalue weighted by atomic mass is 9.79. The lowest BCUT2D eigenvalue weighted by Crippen LogP contribution is -2.31. The first-order valence-electron chi connectivity index (χ1n) is 6.21. The molecule has 0 saturated heterocycles. The van der Waals surface area contributed by atoms with Crippen molar-refractivity contribution in [2.75, 3.05) is 0 Å². The number of hydrogen-bond acceptors (Lipinski definition) is 2. The van der Waals surface area contributed by atoms with Gasteiger partial charge in [0, 0.05) is 18.4 Å². The number of carbonyl (C=O) groups is 1. The predicted octanol–water partition coefficient (Wildman–Crippen LogP) is 3.38. The van der Waals surface area contributed by atoms with Gasteiger partial charge in [0.25, 0.3) is 0 Å². The summed E-state index contributed by atoms with van der Waals surface area (Å²) in [6.07, 6.45) is 4.65. The molecule has 0 radical (unpaired) electrons. The molecule has 88 valence electrons. The quantitative estimate of drug-likeness (QED) is 0.667. The number of Topliss-reactive ketones (excluding diaryl/α,β-unsaturated/α-hetero) is 1. The van der Waals surface area contributed by atoms with Gasteiger partial charge in [-0.2, -0.15) is 0 Å². The van der Waals surface area contributed by atoms with Crippen molar-refractivity contribution in [3.8, 4) is 0 Å². The van der Waals surface area contributed by atoms with E-state index in [1.807, 2.05) is 6.92 Å². The van der Waals surface area contributed by atoms with Crippen LogP contribution in [0.2, 0.25) is 0 Å². The van der Waals surface area contributed by atoms with Crippen molar-refractivity contribution in [3.63, 3.8) is 0 Å². The van der Waals surface area contributed by atoms with Crippen molar-refractivity contribution < 1.29 is 9.53 Å². The third kappa shape index (κ3) is 1.93. The fourth-order valence-corrected chi connectivity index (χ4v) is 2.68. The predicted molar refractivity (Wildman–Crippen MR) is 64.0 cm³/mol. The maximum atomic E-state index is 11.9. The van der Waals surface area contributed by atoms with Crippen LogP contribution in [0.1, 0.15) is 46.0 Å². The van der Waals surface area contributed by atoms with Crippen molar-refractivity contribution >= 4 is 5.78 Å². The lowest BCUT2D eigenvalue weighted by Gasteiger charge is -2.35. The Morgan fingerprint density at radius 1 is 1.50 bits per heavy atom. The van der Waals surface area contributed by atoms with E-state index in [-0.39, 0.29) is 6.10 Å². The summed E-state index contributed by atoms with van der Waals surface area (Å²) in [5.74, 6) is 1.66. The van der Waals surface area contributed by atoms with E-state index >= 15 is 0 Å². The van der Waals surface area contributed by atoms with Gasteiger partial charge < -0.3 is 4.74 Å². The maximum Gasteiger partial charge on any atom is 0.162 e. The zero-order chi connectivity index (χ0) is 11.7. The Bertz CT molecular complexity index is 352. The standard InChI is InChI=1S/C14H20O2/c1-4-10-8-13(9(2)3)16-12-7-5-6-11(15)14(10)12/h10,13H,2,4-8H2,1,3H3. The molecule has 0 spiro atoms. The second kappa shape index (κ2) is 4.44. The van der Waals surface area contributed by atoms with Crippen LogP contribution in [0.25, 0.3) is 0 Å². The first kappa shape index (κ1) is 11.4. The number of carbonyl (C=O) groups excluding carboxylic acids is 1. The van der Waals surface area contributed by atoms with E-state index in [9.17, 15) is 4.79 Å². The topological polar surface area (TPSA) is 26.3 Å². The normalized spacial score (nSPS) is 29.8. The zero-order valence-electron chi connectivity index (χ0n) is 10.2. The van der Waals surface area contributed by atoms with Gasteiger partial charge in [-0.05, 0) is 37.7 Å². The SMILES string of the molecule is C=C(C)C1CC(CC)C2=C(CCCC2=O)O1. The molecule has 0 saturated carbocycles. The zero-order valence-corrected chi connectivity index (χ0v) is 10.2. The molecule has 1 heterocycles. The Balaban J connectivity index is 2.31. The lowest BCUT2D eigenvalue weighted by molar-refractivity contribution is -0.117. The highest BCUT2D eigenvalue weighted by atomic mass is 16.5. The second-order valence-electron chi connectivity index (χ2n) is 4.91. The molecule has 0 amide bonds. The smallest absolute Gasteiger partial charge is 0.162 e. The minimum atomic E-state index is 0.120. The fourth-order valence-electron chi connectivity index (χ4n) is 2.68.